The lowest BCUT2D eigenvalue weighted by molar-refractivity contribution is -0.136. The number of carbonyl (C=O) groups excluding carboxylic acids is 2. The molecule has 0 bridgehead atoms. The lowest BCUT2D eigenvalue weighted by Gasteiger charge is -2.11. The number of carbonyl (C=O) groups is 2. The minimum Gasteiger partial charge on any atom is -0.497 e. The highest BCUT2D eigenvalue weighted by molar-refractivity contribution is 5.94. The molecule has 0 aliphatic heterocycles. The Morgan fingerprint density at radius 3 is 2.46 bits per heavy atom. The minimum atomic E-state index is -0.486. The molecule has 0 fully saturated rings. The molecule has 2 aromatic rings. The van der Waals surface area contributed by atoms with Gasteiger partial charge in [0.25, 0.3) is 0 Å². The fourth-order valence-corrected chi connectivity index (χ4v) is 2.07. The molecule has 2 aromatic carbocycles. The number of benzene rings is 2. The van der Waals surface area contributed by atoms with Gasteiger partial charge in [0.05, 0.1) is 25.4 Å². The van der Waals surface area contributed by atoms with Crippen LogP contribution in [0.3, 0.4) is 0 Å². The molecule has 0 aromatic heterocycles. The van der Waals surface area contributed by atoms with Crippen LogP contribution in [0.25, 0.3) is 6.08 Å². The van der Waals surface area contributed by atoms with Crippen molar-refractivity contribution >= 4 is 18.3 Å². The van der Waals surface area contributed by atoms with E-state index < -0.39 is 5.97 Å². The van der Waals surface area contributed by atoms with E-state index >= 15 is 0 Å². The van der Waals surface area contributed by atoms with E-state index in [1.54, 1.807) is 24.3 Å². The summed E-state index contributed by atoms with van der Waals surface area (Å²) in [5.41, 5.74) is 1.54. The fourth-order valence-electron chi connectivity index (χ4n) is 2.07. The summed E-state index contributed by atoms with van der Waals surface area (Å²) in [6.07, 6.45) is 2.37. The summed E-state index contributed by atoms with van der Waals surface area (Å²) in [4.78, 5) is 23.1. The maximum atomic E-state index is 11.9. The second-order valence-corrected chi connectivity index (χ2v) is 4.88. The Kier molecular flexibility index (Phi) is 6.14. The zero-order valence-corrected chi connectivity index (χ0v) is 13.5. The molecule has 5 heteroatoms. The van der Waals surface area contributed by atoms with Crippen LogP contribution in [0.2, 0.25) is 0 Å². The predicted molar refractivity (Wildman–Crippen MR) is 90.3 cm³/mol. The first-order valence-electron chi connectivity index (χ1n) is 7.28. The molecular weight excluding hydrogens is 308 g/mol. The van der Waals surface area contributed by atoms with Gasteiger partial charge in [0.15, 0.2) is 6.29 Å². The maximum absolute atomic E-state index is 11.9. The average molecular weight is 326 g/mol. The van der Waals surface area contributed by atoms with Crippen molar-refractivity contribution in [1.29, 1.82) is 0 Å². The van der Waals surface area contributed by atoms with Crippen LogP contribution < -0.4 is 9.47 Å². The van der Waals surface area contributed by atoms with Gasteiger partial charge in [0.2, 0.25) is 0 Å². The standard InChI is InChI=1S/C19H18O5/c1-22-17-8-9-18(15(11-17)12-20)24-13-16(19(21)23-2)10-14-6-4-3-5-7-14/h3-12H,13H2,1-2H3/b16-10-. The van der Waals surface area contributed by atoms with Crippen molar-refractivity contribution in [2.75, 3.05) is 20.8 Å². The number of methoxy groups -OCH3 is 2. The van der Waals surface area contributed by atoms with E-state index in [4.69, 9.17) is 14.2 Å². The molecule has 0 unspecified atom stereocenters. The Bertz CT molecular complexity index is 735. The normalized spacial score (nSPS) is 10.8. The maximum Gasteiger partial charge on any atom is 0.337 e. The molecule has 0 saturated heterocycles. The van der Waals surface area contributed by atoms with Gasteiger partial charge in [-0.25, -0.2) is 4.79 Å². The molecule has 0 spiro atoms. The van der Waals surface area contributed by atoms with Gasteiger partial charge in [0.1, 0.15) is 18.1 Å². The third-order valence-corrected chi connectivity index (χ3v) is 3.32. The summed E-state index contributed by atoms with van der Waals surface area (Å²) in [6.45, 7) is -0.0191. The zero-order valence-electron chi connectivity index (χ0n) is 13.5. The molecule has 24 heavy (non-hydrogen) atoms. The number of aldehydes is 1. The number of esters is 1. The quantitative estimate of drug-likeness (QED) is 0.444. The third kappa shape index (κ3) is 4.46. The number of ether oxygens (including phenoxy) is 3. The fraction of sp³-hybridized carbons (Fsp3) is 0.158. The second-order valence-electron chi connectivity index (χ2n) is 4.88. The van der Waals surface area contributed by atoms with E-state index in [0.717, 1.165) is 5.56 Å². The Morgan fingerprint density at radius 2 is 1.83 bits per heavy atom. The molecule has 124 valence electrons. The van der Waals surface area contributed by atoms with Gasteiger partial charge in [0, 0.05) is 0 Å². The molecule has 2 rings (SSSR count). The molecule has 0 heterocycles. The van der Waals surface area contributed by atoms with Crippen molar-refractivity contribution < 1.29 is 23.8 Å². The molecule has 0 aliphatic carbocycles. The van der Waals surface area contributed by atoms with Gasteiger partial charge < -0.3 is 14.2 Å². The molecule has 0 atom stereocenters. The monoisotopic (exact) mass is 326 g/mol. The summed E-state index contributed by atoms with van der Waals surface area (Å²) >= 11 is 0. The lowest BCUT2D eigenvalue weighted by atomic mass is 10.1. The van der Waals surface area contributed by atoms with Gasteiger partial charge in [-0.05, 0) is 29.8 Å². The second kappa shape index (κ2) is 8.53. The first-order valence-corrected chi connectivity index (χ1v) is 7.28. The van der Waals surface area contributed by atoms with E-state index in [1.165, 1.54) is 14.2 Å². The van der Waals surface area contributed by atoms with Crippen molar-refractivity contribution in [3.05, 3.63) is 65.2 Å². The van der Waals surface area contributed by atoms with Crippen LogP contribution in [-0.4, -0.2) is 33.1 Å². The van der Waals surface area contributed by atoms with Gasteiger partial charge in [-0.2, -0.15) is 0 Å². The van der Waals surface area contributed by atoms with E-state index in [0.29, 0.717) is 28.9 Å². The molecule has 0 saturated carbocycles. The van der Waals surface area contributed by atoms with Crippen LogP contribution in [0.1, 0.15) is 15.9 Å². The highest BCUT2D eigenvalue weighted by Crippen LogP contribution is 2.23. The number of rotatable bonds is 7. The molecule has 5 nitrogen and oxygen atoms in total. The lowest BCUT2D eigenvalue weighted by Crippen LogP contribution is -2.13. The van der Waals surface area contributed by atoms with Crippen LogP contribution in [0.4, 0.5) is 0 Å². The molecule has 0 N–H and O–H groups in total. The van der Waals surface area contributed by atoms with Crippen molar-refractivity contribution in [3.8, 4) is 11.5 Å². The van der Waals surface area contributed by atoms with Crippen LogP contribution in [0, 0.1) is 0 Å². The first kappa shape index (κ1) is 17.3. The van der Waals surface area contributed by atoms with Crippen molar-refractivity contribution in [2.45, 2.75) is 0 Å². The number of hydrogen-bond acceptors (Lipinski definition) is 5. The average Bonchev–Trinajstić information content (AvgIpc) is 2.65. The summed E-state index contributed by atoms with van der Waals surface area (Å²) < 4.78 is 15.5. The van der Waals surface area contributed by atoms with Crippen molar-refractivity contribution in [2.24, 2.45) is 0 Å². The molecule has 0 aliphatic rings. The van der Waals surface area contributed by atoms with Gasteiger partial charge >= 0.3 is 5.97 Å². The summed E-state index contributed by atoms with van der Waals surface area (Å²) in [6, 6.07) is 14.2. The first-order chi connectivity index (χ1) is 11.7. The predicted octanol–water partition coefficient (Wildman–Crippen LogP) is 3.14. The van der Waals surface area contributed by atoms with Crippen LogP contribution >= 0.6 is 0 Å². The largest absolute Gasteiger partial charge is 0.497 e. The Hall–Kier alpha value is -3.08. The Labute approximate surface area is 140 Å². The topological polar surface area (TPSA) is 61.8 Å². The van der Waals surface area contributed by atoms with E-state index in [1.807, 2.05) is 30.3 Å². The Balaban J connectivity index is 2.21. The molecule has 0 amide bonds. The summed E-state index contributed by atoms with van der Waals surface area (Å²) in [7, 11) is 2.83. The van der Waals surface area contributed by atoms with Gasteiger partial charge in [-0.3, -0.25) is 4.79 Å². The van der Waals surface area contributed by atoms with E-state index in [9.17, 15) is 9.59 Å². The minimum absolute atomic E-state index is 0.0191. The zero-order chi connectivity index (χ0) is 17.4. The Morgan fingerprint density at radius 1 is 1.08 bits per heavy atom. The van der Waals surface area contributed by atoms with E-state index in [2.05, 4.69) is 0 Å². The highest BCUT2D eigenvalue weighted by Gasteiger charge is 2.13. The molecule has 0 radical (unpaired) electrons. The van der Waals surface area contributed by atoms with Gasteiger partial charge in [-0.15, -0.1) is 0 Å². The van der Waals surface area contributed by atoms with Crippen LogP contribution in [0.15, 0.2) is 54.1 Å². The summed E-state index contributed by atoms with van der Waals surface area (Å²) in [5.74, 6) is 0.436. The molecular formula is C19H18O5. The highest BCUT2D eigenvalue weighted by atomic mass is 16.5. The van der Waals surface area contributed by atoms with Crippen molar-refractivity contribution in [3.63, 3.8) is 0 Å². The van der Waals surface area contributed by atoms with Gasteiger partial charge in [-0.1, -0.05) is 30.3 Å². The van der Waals surface area contributed by atoms with Crippen LogP contribution in [0.5, 0.6) is 11.5 Å². The third-order valence-electron chi connectivity index (χ3n) is 3.32. The van der Waals surface area contributed by atoms with Crippen LogP contribution in [-0.2, 0) is 9.53 Å². The number of hydrogen-bond donors (Lipinski definition) is 0. The van der Waals surface area contributed by atoms with E-state index in [-0.39, 0.29) is 6.61 Å². The smallest absolute Gasteiger partial charge is 0.337 e. The SMILES string of the molecule is COC(=O)/C(=C\c1ccccc1)COc1ccc(OC)cc1C=O. The van der Waals surface area contributed by atoms with Crippen molar-refractivity contribution in [1.82, 2.24) is 0 Å². The summed E-state index contributed by atoms with van der Waals surface area (Å²) in [5, 5.41) is 0.